The summed E-state index contributed by atoms with van der Waals surface area (Å²) in [5.74, 6) is 2.24. The molecule has 0 spiro atoms. The molecule has 4 nitrogen and oxygen atoms in total. The van der Waals surface area contributed by atoms with Gasteiger partial charge in [-0.05, 0) is 61.5 Å². The van der Waals surface area contributed by atoms with Gasteiger partial charge in [0.15, 0.2) is 5.78 Å². The monoisotopic (exact) mass is 361 g/mol. The highest BCUT2D eigenvalue weighted by atomic mass is 32.1. The van der Waals surface area contributed by atoms with Gasteiger partial charge in [-0.15, -0.1) is 0 Å². The van der Waals surface area contributed by atoms with Crippen LogP contribution in [0.25, 0.3) is 10.2 Å². The first-order valence-electron chi connectivity index (χ1n) is 8.10. The second-order valence-corrected chi connectivity index (χ2v) is 6.70. The average Bonchev–Trinajstić information content (AvgIpc) is 3.05. The van der Waals surface area contributed by atoms with Gasteiger partial charge in [-0.25, -0.2) is 4.98 Å². The van der Waals surface area contributed by atoms with Crippen LogP contribution in [0, 0.1) is 0 Å². The minimum atomic E-state index is 0.0387. The average molecular weight is 361 g/mol. The van der Waals surface area contributed by atoms with Crippen molar-refractivity contribution in [3.8, 4) is 22.4 Å². The van der Waals surface area contributed by atoms with Crippen LogP contribution in [0.4, 0.5) is 0 Å². The minimum absolute atomic E-state index is 0.0387. The zero-order chi connectivity index (χ0) is 17.9. The maximum Gasteiger partial charge on any atom is 0.279 e. The number of ketones is 1. The van der Waals surface area contributed by atoms with E-state index in [1.165, 1.54) is 11.3 Å². The lowest BCUT2D eigenvalue weighted by molar-refractivity contribution is 0.101. The third-order valence-electron chi connectivity index (χ3n) is 3.78. The van der Waals surface area contributed by atoms with Gasteiger partial charge in [0.25, 0.3) is 5.19 Å². The normalized spacial score (nSPS) is 10.7. The van der Waals surface area contributed by atoms with Gasteiger partial charge in [0.05, 0.1) is 10.2 Å². The third kappa shape index (κ3) is 3.58. The molecule has 0 N–H and O–H groups in total. The number of Topliss-reactive ketones (excluding diaryl/α,β-unsaturated/α-hetero) is 1. The Labute approximate surface area is 154 Å². The van der Waals surface area contributed by atoms with E-state index in [4.69, 9.17) is 9.47 Å². The molecule has 0 fully saturated rings. The van der Waals surface area contributed by atoms with E-state index in [9.17, 15) is 4.79 Å². The van der Waals surface area contributed by atoms with E-state index in [1.54, 1.807) is 13.0 Å². The number of benzene rings is 3. The number of carbonyl (C=O) groups is 1. The van der Waals surface area contributed by atoms with E-state index in [2.05, 4.69) is 4.98 Å². The number of hydrogen-bond donors (Lipinski definition) is 0. The molecule has 0 aliphatic heterocycles. The quantitative estimate of drug-likeness (QED) is 0.404. The summed E-state index contributed by atoms with van der Waals surface area (Å²) in [4.78, 5) is 15.9. The summed E-state index contributed by atoms with van der Waals surface area (Å²) in [6.07, 6.45) is 0. The second kappa shape index (κ2) is 6.98. The molecule has 0 bridgehead atoms. The number of para-hydroxylation sites is 1. The first-order chi connectivity index (χ1) is 12.7. The number of rotatable bonds is 5. The molecular formula is C21H15NO3S. The topological polar surface area (TPSA) is 48.4 Å². The van der Waals surface area contributed by atoms with Crippen LogP contribution < -0.4 is 9.47 Å². The van der Waals surface area contributed by atoms with E-state index in [0.29, 0.717) is 16.5 Å². The van der Waals surface area contributed by atoms with Crippen molar-refractivity contribution in [1.29, 1.82) is 0 Å². The molecule has 4 rings (SSSR count). The first kappa shape index (κ1) is 16.3. The molecule has 0 radical (unpaired) electrons. The van der Waals surface area contributed by atoms with Crippen molar-refractivity contribution < 1.29 is 14.3 Å². The van der Waals surface area contributed by atoms with Crippen LogP contribution in [-0.2, 0) is 0 Å². The molecule has 0 atom stereocenters. The SMILES string of the molecule is CC(=O)c1ccc2nc(Oc3ccc(Oc4ccccc4)cc3)sc2c1. The van der Waals surface area contributed by atoms with Gasteiger partial charge in [0, 0.05) is 5.56 Å². The van der Waals surface area contributed by atoms with Crippen molar-refractivity contribution in [2.75, 3.05) is 0 Å². The summed E-state index contributed by atoms with van der Waals surface area (Å²) >= 11 is 1.41. The van der Waals surface area contributed by atoms with Crippen LogP contribution >= 0.6 is 11.3 Å². The summed E-state index contributed by atoms with van der Waals surface area (Å²) < 4.78 is 12.5. The summed E-state index contributed by atoms with van der Waals surface area (Å²) in [6, 6.07) is 22.5. The Kier molecular flexibility index (Phi) is 4.37. The lowest BCUT2D eigenvalue weighted by atomic mass is 10.1. The zero-order valence-electron chi connectivity index (χ0n) is 14.0. The maximum atomic E-state index is 11.5. The molecule has 0 aliphatic carbocycles. The Morgan fingerprint density at radius 3 is 2.19 bits per heavy atom. The molecule has 26 heavy (non-hydrogen) atoms. The van der Waals surface area contributed by atoms with Crippen molar-refractivity contribution in [1.82, 2.24) is 4.98 Å². The second-order valence-electron chi connectivity index (χ2n) is 5.71. The Hall–Kier alpha value is -3.18. The molecule has 5 heteroatoms. The van der Waals surface area contributed by atoms with Gasteiger partial charge in [0.1, 0.15) is 17.2 Å². The third-order valence-corrected chi connectivity index (χ3v) is 4.68. The van der Waals surface area contributed by atoms with E-state index in [1.807, 2.05) is 66.7 Å². The molecule has 0 unspecified atom stereocenters. The fourth-order valence-electron chi connectivity index (χ4n) is 2.47. The molecule has 0 saturated carbocycles. The van der Waals surface area contributed by atoms with Crippen molar-refractivity contribution in [3.63, 3.8) is 0 Å². The van der Waals surface area contributed by atoms with E-state index < -0.39 is 0 Å². The van der Waals surface area contributed by atoms with Crippen LogP contribution in [0.3, 0.4) is 0 Å². The van der Waals surface area contributed by atoms with Crippen LogP contribution in [0.2, 0.25) is 0 Å². The summed E-state index contributed by atoms with van der Waals surface area (Å²) in [5.41, 5.74) is 1.49. The van der Waals surface area contributed by atoms with Crippen LogP contribution in [0.1, 0.15) is 17.3 Å². The highest BCUT2D eigenvalue weighted by Crippen LogP contribution is 2.33. The van der Waals surface area contributed by atoms with E-state index in [0.717, 1.165) is 21.7 Å². The number of ether oxygens (including phenoxy) is 2. The van der Waals surface area contributed by atoms with Gasteiger partial charge < -0.3 is 9.47 Å². The number of hydrogen-bond acceptors (Lipinski definition) is 5. The number of carbonyl (C=O) groups excluding carboxylic acids is 1. The zero-order valence-corrected chi connectivity index (χ0v) is 14.8. The molecule has 0 aliphatic rings. The largest absolute Gasteiger partial charge is 0.457 e. The van der Waals surface area contributed by atoms with Crippen molar-refractivity contribution in [2.45, 2.75) is 6.92 Å². The number of nitrogens with zero attached hydrogens (tertiary/aromatic N) is 1. The fraction of sp³-hybridized carbons (Fsp3) is 0.0476. The highest BCUT2D eigenvalue weighted by Gasteiger charge is 2.09. The Balaban J connectivity index is 1.50. The highest BCUT2D eigenvalue weighted by molar-refractivity contribution is 7.20. The molecule has 1 aromatic heterocycles. The van der Waals surface area contributed by atoms with Gasteiger partial charge in [-0.1, -0.05) is 29.5 Å². The lowest BCUT2D eigenvalue weighted by Crippen LogP contribution is -1.89. The fourth-order valence-corrected chi connectivity index (χ4v) is 3.34. The van der Waals surface area contributed by atoms with Crippen molar-refractivity contribution >= 4 is 27.3 Å². The molecule has 1 heterocycles. The van der Waals surface area contributed by atoms with Crippen molar-refractivity contribution in [2.24, 2.45) is 0 Å². The molecule has 0 saturated heterocycles. The predicted octanol–water partition coefficient (Wildman–Crippen LogP) is 6.08. The van der Waals surface area contributed by atoms with Gasteiger partial charge in [-0.2, -0.15) is 0 Å². The number of fused-ring (bicyclic) bond motifs is 1. The lowest BCUT2D eigenvalue weighted by Gasteiger charge is -2.06. The molecule has 3 aromatic carbocycles. The summed E-state index contributed by atoms with van der Waals surface area (Å²) in [6.45, 7) is 1.55. The first-order valence-corrected chi connectivity index (χ1v) is 8.91. The van der Waals surface area contributed by atoms with Gasteiger partial charge in [-0.3, -0.25) is 4.79 Å². The maximum absolute atomic E-state index is 11.5. The van der Waals surface area contributed by atoms with Crippen LogP contribution in [0.15, 0.2) is 72.8 Å². The summed E-state index contributed by atoms with van der Waals surface area (Å²) in [7, 11) is 0. The van der Waals surface area contributed by atoms with Crippen molar-refractivity contribution in [3.05, 3.63) is 78.4 Å². The number of thiazole rings is 1. The van der Waals surface area contributed by atoms with Crippen LogP contribution in [0.5, 0.6) is 22.4 Å². The Morgan fingerprint density at radius 1 is 0.846 bits per heavy atom. The van der Waals surface area contributed by atoms with E-state index >= 15 is 0 Å². The molecule has 128 valence electrons. The molecule has 4 aromatic rings. The number of aromatic nitrogens is 1. The molecule has 0 amide bonds. The van der Waals surface area contributed by atoms with Gasteiger partial charge >= 0.3 is 0 Å². The Bertz CT molecular complexity index is 1060. The van der Waals surface area contributed by atoms with E-state index in [-0.39, 0.29) is 5.78 Å². The predicted molar refractivity (Wildman–Crippen MR) is 103 cm³/mol. The van der Waals surface area contributed by atoms with Crippen LogP contribution in [-0.4, -0.2) is 10.8 Å². The smallest absolute Gasteiger partial charge is 0.279 e. The molecular weight excluding hydrogens is 346 g/mol. The standard InChI is InChI=1S/C21H15NO3S/c1-14(23)15-7-12-19-20(13-15)26-21(22-19)25-18-10-8-17(9-11-18)24-16-5-3-2-4-6-16/h2-13H,1H3. The Morgan fingerprint density at radius 2 is 1.50 bits per heavy atom. The van der Waals surface area contributed by atoms with Gasteiger partial charge in [0.2, 0.25) is 0 Å². The minimum Gasteiger partial charge on any atom is -0.457 e. The summed E-state index contributed by atoms with van der Waals surface area (Å²) in [5, 5.41) is 0.539.